The lowest BCUT2D eigenvalue weighted by atomic mass is 9.83. The second kappa shape index (κ2) is 4.50. The van der Waals surface area contributed by atoms with Crippen LogP contribution in [0.5, 0.6) is 0 Å². The standard InChI is InChI=1S/C14H18BrN/c15-13-6-2-4-10-3-1-5-11(14(10)13)9-16-12-7-8-12/h2,4,6,11-12,16H,1,3,5,7-9H2. The molecule has 1 atom stereocenters. The molecule has 2 aliphatic carbocycles. The minimum absolute atomic E-state index is 0.722. The summed E-state index contributed by atoms with van der Waals surface area (Å²) in [6, 6.07) is 7.48. The third-order valence-electron chi connectivity index (χ3n) is 3.78. The average Bonchev–Trinajstić information content (AvgIpc) is 3.10. The van der Waals surface area contributed by atoms with Crippen LogP contribution in [0.1, 0.15) is 42.7 Å². The molecule has 0 spiro atoms. The third kappa shape index (κ3) is 2.18. The van der Waals surface area contributed by atoms with Gasteiger partial charge >= 0.3 is 0 Å². The minimum atomic E-state index is 0.722. The van der Waals surface area contributed by atoms with E-state index >= 15 is 0 Å². The molecule has 2 aliphatic rings. The van der Waals surface area contributed by atoms with Gasteiger partial charge in [0.05, 0.1) is 0 Å². The fraction of sp³-hybridized carbons (Fsp3) is 0.571. The predicted octanol–water partition coefficient (Wildman–Crippen LogP) is 3.62. The summed E-state index contributed by atoms with van der Waals surface area (Å²) in [5.74, 6) is 0.722. The number of halogens is 1. The Morgan fingerprint density at radius 1 is 1.25 bits per heavy atom. The number of benzene rings is 1. The molecule has 16 heavy (non-hydrogen) atoms. The zero-order chi connectivity index (χ0) is 11.0. The lowest BCUT2D eigenvalue weighted by molar-refractivity contribution is 0.504. The topological polar surface area (TPSA) is 12.0 Å². The van der Waals surface area contributed by atoms with Crippen LogP contribution in [0, 0.1) is 0 Å². The molecular formula is C14H18BrN. The number of fused-ring (bicyclic) bond motifs is 1. The molecule has 86 valence electrons. The lowest BCUT2D eigenvalue weighted by Crippen LogP contribution is -2.26. The maximum atomic E-state index is 3.72. The summed E-state index contributed by atoms with van der Waals surface area (Å²) in [7, 11) is 0. The van der Waals surface area contributed by atoms with Crippen molar-refractivity contribution < 1.29 is 0 Å². The van der Waals surface area contributed by atoms with E-state index in [-0.39, 0.29) is 0 Å². The first-order chi connectivity index (χ1) is 7.84. The molecule has 0 bridgehead atoms. The molecule has 1 saturated carbocycles. The second-order valence-electron chi connectivity index (χ2n) is 5.08. The highest BCUT2D eigenvalue weighted by Crippen LogP contribution is 2.36. The van der Waals surface area contributed by atoms with Crippen LogP contribution in [-0.4, -0.2) is 12.6 Å². The molecule has 1 aromatic rings. The minimum Gasteiger partial charge on any atom is -0.313 e. The lowest BCUT2D eigenvalue weighted by Gasteiger charge is -2.27. The highest BCUT2D eigenvalue weighted by Gasteiger charge is 2.26. The normalized spacial score (nSPS) is 24.2. The van der Waals surface area contributed by atoms with Crippen molar-refractivity contribution in [1.82, 2.24) is 5.32 Å². The quantitative estimate of drug-likeness (QED) is 0.891. The molecule has 0 radical (unpaired) electrons. The number of aryl methyl sites for hydroxylation is 1. The SMILES string of the molecule is Brc1cccc2c1C(CNC1CC1)CCC2. The van der Waals surface area contributed by atoms with Crippen LogP contribution in [0.25, 0.3) is 0 Å². The molecule has 1 aromatic carbocycles. The molecule has 0 heterocycles. The van der Waals surface area contributed by atoms with Gasteiger partial charge in [0.2, 0.25) is 0 Å². The third-order valence-corrected chi connectivity index (χ3v) is 4.47. The first-order valence-electron chi connectivity index (χ1n) is 6.35. The van der Waals surface area contributed by atoms with E-state index in [1.54, 1.807) is 11.1 Å². The molecular weight excluding hydrogens is 262 g/mol. The Labute approximate surface area is 106 Å². The van der Waals surface area contributed by atoms with Crippen molar-refractivity contribution in [2.75, 3.05) is 6.54 Å². The van der Waals surface area contributed by atoms with Crippen LogP contribution in [0.15, 0.2) is 22.7 Å². The molecule has 0 saturated heterocycles. The Bertz CT molecular complexity index is 384. The molecule has 1 fully saturated rings. The number of hydrogen-bond acceptors (Lipinski definition) is 1. The van der Waals surface area contributed by atoms with Gasteiger partial charge in [0.1, 0.15) is 0 Å². The van der Waals surface area contributed by atoms with Crippen molar-refractivity contribution in [2.45, 2.75) is 44.1 Å². The molecule has 0 aliphatic heterocycles. The number of nitrogens with one attached hydrogen (secondary N) is 1. The van der Waals surface area contributed by atoms with Crippen LogP contribution in [-0.2, 0) is 6.42 Å². The van der Waals surface area contributed by atoms with Gasteiger partial charge < -0.3 is 5.32 Å². The van der Waals surface area contributed by atoms with Gasteiger partial charge in [-0.3, -0.25) is 0 Å². The van der Waals surface area contributed by atoms with E-state index in [9.17, 15) is 0 Å². The van der Waals surface area contributed by atoms with E-state index in [0.717, 1.165) is 12.0 Å². The molecule has 1 nitrogen and oxygen atoms in total. The van der Waals surface area contributed by atoms with Crippen molar-refractivity contribution >= 4 is 15.9 Å². The first kappa shape index (κ1) is 10.8. The van der Waals surface area contributed by atoms with Gasteiger partial charge in [0, 0.05) is 17.1 Å². The van der Waals surface area contributed by atoms with Crippen molar-refractivity contribution in [1.29, 1.82) is 0 Å². The Balaban J connectivity index is 1.80. The van der Waals surface area contributed by atoms with Crippen LogP contribution in [0.2, 0.25) is 0 Å². The van der Waals surface area contributed by atoms with Crippen LogP contribution in [0.4, 0.5) is 0 Å². The largest absolute Gasteiger partial charge is 0.313 e. The average molecular weight is 280 g/mol. The molecule has 2 heteroatoms. The zero-order valence-corrected chi connectivity index (χ0v) is 11.1. The van der Waals surface area contributed by atoms with E-state index in [1.165, 1.54) is 43.1 Å². The fourth-order valence-electron chi connectivity index (χ4n) is 2.74. The summed E-state index contributed by atoms with van der Waals surface area (Å²) in [6.45, 7) is 1.17. The van der Waals surface area contributed by atoms with Crippen molar-refractivity contribution in [2.24, 2.45) is 0 Å². The van der Waals surface area contributed by atoms with Gasteiger partial charge in [0.15, 0.2) is 0 Å². The molecule has 1 unspecified atom stereocenters. The Hall–Kier alpha value is -0.340. The van der Waals surface area contributed by atoms with E-state index in [2.05, 4.69) is 39.4 Å². The van der Waals surface area contributed by atoms with E-state index < -0.39 is 0 Å². The molecule has 3 rings (SSSR count). The zero-order valence-electron chi connectivity index (χ0n) is 9.51. The van der Waals surface area contributed by atoms with Crippen LogP contribution >= 0.6 is 15.9 Å². The van der Waals surface area contributed by atoms with Crippen LogP contribution < -0.4 is 5.32 Å². The summed E-state index contributed by atoms with van der Waals surface area (Å²) in [4.78, 5) is 0. The number of hydrogen-bond donors (Lipinski definition) is 1. The van der Waals surface area contributed by atoms with Crippen molar-refractivity contribution in [3.8, 4) is 0 Å². The maximum absolute atomic E-state index is 3.72. The van der Waals surface area contributed by atoms with E-state index in [1.807, 2.05) is 0 Å². The summed E-state index contributed by atoms with van der Waals surface area (Å²) in [5, 5.41) is 3.67. The molecule has 1 N–H and O–H groups in total. The van der Waals surface area contributed by atoms with Gasteiger partial charge in [-0.2, -0.15) is 0 Å². The monoisotopic (exact) mass is 279 g/mol. The Morgan fingerprint density at radius 3 is 2.94 bits per heavy atom. The summed E-state index contributed by atoms with van der Waals surface area (Å²) in [6.07, 6.45) is 6.72. The molecule has 0 aromatic heterocycles. The van der Waals surface area contributed by atoms with Gasteiger partial charge in [-0.15, -0.1) is 0 Å². The van der Waals surface area contributed by atoms with E-state index in [4.69, 9.17) is 0 Å². The summed E-state index contributed by atoms with van der Waals surface area (Å²) >= 11 is 3.72. The Morgan fingerprint density at radius 2 is 2.12 bits per heavy atom. The van der Waals surface area contributed by atoms with Crippen LogP contribution in [0.3, 0.4) is 0 Å². The summed E-state index contributed by atoms with van der Waals surface area (Å²) < 4.78 is 1.31. The van der Waals surface area contributed by atoms with Crippen molar-refractivity contribution in [3.63, 3.8) is 0 Å². The second-order valence-corrected chi connectivity index (χ2v) is 5.94. The molecule has 0 amide bonds. The summed E-state index contributed by atoms with van der Waals surface area (Å²) in [5.41, 5.74) is 3.13. The van der Waals surface area contributed by atoms with Gasteiger partial charge in [-0.25, -0.2) is 0 Å². The maximum Gasteiger partial charge on any atom is 0.0213 e. The first-order valence-corrected chi connectivity index (χ1v) is 7.14. The van der Waals surface area contributed by atoms with Crippen molar-refractivity contribution in [3.05, 3.63) is 33.8 Å². The highest BCUT2D eigenvalue weighted by atomic mass is 79.9. The fourth-order valence-corrected chi connectivity index (χ4v) is 3.47. The number of rotatable bonds is 3. The smallest absolute Gasteiger partial charge is 0.0213 e. The van der Waals surface area contributed by atoms with Gasteiger partial charge in [0.25, 0.3) is 0 Å². The van der Waals surface area contributed by atoms with Gasteiger partial charge in [-0.1, -0.05) is 28.1 Å². The highest BCUT2D eigenvalue weighted by molar-refractivity contribution is 9.10. The predicted molar refractivity (Wildman–Crippen MR) is 70.8 cm³/mol. The van der Waals surface area contributed by atoms with Gasteiger partial charge in [-0.05, 0) is 55.2 Å². The Kier molecular flexibility index (Phi) is 3.03. The van der Waals surface area contributed by atoms with E-state index in [0.29, 0.717) is 0 Å².